The summed E-state index contributed by atoms with van der Waals surface area (Å²) in [5.74, 6) is 0.0884. The van der Waals surface area contributed by atoms with E-state index in [0.717, 1.165) is 11.8 Å². The molecule has 0 saturated carbocycles. The number of benzene rings is 2. The number of hydrogen-bond donors (Lipinski definition) is 1. The Labute approximate surface area is 128 Å². The molecule has 0 aliphatic rings. The Kier molecular flexibility index (Phi) is 4.62. The minimum atomic E-state index is -3.58. The first-order valence-electron chi connectivity index (χ1n) is 6.34. The first-order valence-corrected chi connectivity index (χ1v) is 8.16. The molecule has 0 amide bonds. The van der Waals surface area contributed by atoms with E-state index in [0.29, 0.717) is 5.56 Å². The second-order valence-electron chi connectivity index (χ2n) is 4.60. The van der Waals surface area contributed by atoms with E-state index in [2.05, 4.69) is 0 Å². The molecule has 2 rings (SSSR count). The second kappa shape index (κ2) is 6.44. The van der Waals surface area contributed by atoms with Gasteiger partial charge in [-0.1, -0.05) is 18.2 Å². The fraction of sp³-hybridized carbons (Fsp3) is 0.0625. The highest BCUT2D eigenvalue weighted by Gasteiger charge is 2.06. The van der Waals surface area contributed by atoms with E-state index in [1.807, 2.05) is 0 Å². The van der Waals surface area contributed by atoms with Crippen LogP contribution in [0, 0.1) is 0 Å². The van der Waals surface area contributed by atoms with Crippen molar-refractivity contribution in [3.8, 4) is 11.5 Å². The van der Waals surface area contributed by atoms with Crippen molar-refractivity contribution < 1.29 is 22.5 Å². The zero-order valence-corrected chi connectivity index (χ0v) is 12.6. The minimum absolute atomic E-state index is 0.154. The highest BCUT2D eigenvalue weighted by Crippen LogP contribution is 2.15. The van der Waals surface area contributed by atoms with E-state index in [1.54, 1.807) is 18.2 Å². The number of ketones is 1. The van der Waals surface area contributed by atoms with Gasteiger partial charge in [-0.3, -0.25) is 4.79 Å². The predicted molar refractivity (Wildman–Crippen MR) is 83.4 cm³/mol. The van der Waals surface area contributed by atoms with Gasteiger partial charge in [0.05, 0.1) is 6.26 Å². The third-order valence-electron chi connectivity index (χ3n) is 2.71. The first-order chi connectivity index (χ1) is 10.3. The molecule has 0 bridgehead atoms. The number of rotatable bonds is 5. The number of phenolic OH excluding ortho intramolecular Hbond substituents is 1. The molecule has 0 spiro atoms. The van der Waals surface area contributed by atoms with E-state index >= 15 is 0 Å². The summed E-state index contributed by atoms with van der Waals surface area (Å²) in [6, 6.07) is 12.2. The van der Waals surface area contributed by atoms with E-state index in [-0.39, 0.29) is 17.3 Å². The van der Waals surface area contributed by atoms with E-state index in [9.17, 15) is 18.3 Å². The Bertz CT molecular complexity index is 787. The van der Waals surface area contributed by atoms with Gasteiger partial charge in [-0.2, -0.15) is 8.42 Å². The van der Waals surface area contributed by atoms with Gasteiger partial charge in [-0.15, -0.1) is 0 Å². The van der Waals surface area contributed by atoms with Crippen LogP contribution < -0.4 is 4.18 Å². The molecule has 0 radical (unpaired) electrons. The molecular formula is C16H14O5S. The number of carbonyl (C=O) groups excluding carboxylic acids is 1. The van der Waals surface area contributed by atoms with Crippen molar-refractivity contribution in [1.29, 1.82) is 0 Å². The van der Waals surface area contributed by atoms with Gasteiger partial charge >= 0.3 is 10.1 Å². The second-order valence-corrected chi connectivity index (χ2v) is 6.18. The Balaban J connectivity index is 2.08. The van der Waals surface area contributed by atoms with Crippen molar-refractivity contribution in [2.45, 2.75) is 0 Å². The van der Waals surface area contributed by atoms with Crippen molar-refractivity contribution in [3.63, 3.8) is 0 Å². The van der Waals surface area contributed by atoms with Gasteiger partial charge < -0.3 is 9.29 Å². The summed E-state index contributed by atoms with van der Waals surface area (Å²) in [5.41, 5.74) is 1.19. The van der Waals surface area contributed by atoms with Gasteiger partial charge in [0.2, 0.25) is 0 Å². The molecule has 2 aromatic rings. The molecule has 0 aromatic heterocycles. The van der Waals surface area contributed by atoms with Crippen LogP contribution in [0.15, 0.2) is 54.6 Å². The molecule has 1 N–H and O–H groups in total. The highest BCUT2D eigenvalue weighted by molar-refractivity contribution is 7.86. The zero-order valence-electron chi connectivity index (χ0n) is 11.8. The first kappa shape index (κ1) is 15.8. The van der Waals surface area contributed by atoms with E-state index in [1.165, 1.54) is 42.5 Å². The van der Waals surface area contributed by atoms with Crippen LogP contribution in [0.25, 0.3) is 6.08 Å². The van der Waals surface area contributed by atoms with Crippen LogP contribution in [-0.4, -0.2) is 25.6 Å². The predicted octanol–water partition coefficient (Wildman–Crippen LogP) is 2.63. The van der Waals surface area contributed by atoms with Crippen molar-refractivity contribution in [2.24, 2.45) is 0 Å². The minimum Gasteiger partial charge on any atom is -0.508 e. The average molecular weight is 318 g/mol. The molecule has 2 aromatic carbocycles. The van der Waals surface area contributed by atoms with Gasteiger partial charge in [-0.25, -0.2) is 0 Å². The molecule has 114 valence electrons. The quantitative estimate of drug-likeness (QED) is 0.521. The monoisotopic (exact) mass is 318 g/mol. The van der Waals surface area contributed by atoms with Gasteiger partial charge in [-0.05, 0) is 48.0 Å². The van der Waals surface area contributed by atoms with E-state index in [4.69, 9.17) is 4.18 Å². The summed E-state index contributed by atoms with van der Waals surface area (Å²) < 4.78 is 26.7. The van der Waals surface area contributed by atoms with Crippen LogP contribution in [0.2, 0.25) is 0 Å². The number of hydrogen-bond acceptors (Lipinski definition) is 5. The number of phenols is 1. The Morgan fingerprint density at radius 2 is 1.64 bits per heavy atom. The molecule has 0 unspecified atom stereocenters. The Morgan fingerprint density at radius 3 is 2.18 bits per heavy atom. The normalized spacial score (nSPS) is 11.5. The van der Waals surface area contributed by atoms with Crippen LogP contribution in [0.3, 0.4) is 0 Å². The zero-order chi connectivity index (χ0) is 16.2. The molecule has 0 aliphatic carbocycles. The van der Waals surface area contributed by atoms with Crippen LogP contribution >= 0.6 is 0 Å². The van der Waals surface area contributed by atoms with Crippen LogP contribution in [0.1, 0.15) is 15.9 Å². The van der Waals surface area contributed by atoms with Crippen LogP contribution in [0.5, 0.6) is 11.5 Å². The maximum atomic E-state index is 12.0. The number of aromatic hydroxyl groups is 1. The van der Waals surface area contributed by atoms with Crippen molar-refractivity contribution in [2.75, 3.05) is 6.26 Å². The maximum absolute atomic E-state index is 12.0. The lowest BCUT2D eigenvalue weighted by Crippen LogP contribution is -2.05. The lowest BCUT2D eigenvalue weighted by molar-refractivity contribution is 0.104. The van der Waals surface area contributed by atoms with Crippen LogP contribution in [-0.2, 0) is 10.1 Å². The summed E-state index contributed by atoms with van der Waals surface area (Å²) in [5, 5.41) is 9.17. The Hall–Kier alpha value is -2.60. The molecular weight excluding hydrogens is 304 g/mol. The molecule has 0 saturated heterocycles. The maximum Gasteiger partial charge on any atom is 0.306 e. The summed E-state index contributed by atoms with van der Waals surface area (Å²) >= 11 is 0. The van der Waals surface area contributed by atoms with Crippen molar-refractivity contribution >= 4 is 22.0 Å². The van der Waals surface area contributed by atoms with Gasteiger partial charge in [0, 0.05) is 5.56 Å². The van der Waals surface area contributed by atoms with Gasteiger partial charge in [0.15, 0.2) is 5.78 Å². The molecule has 0 fully saturated rings. The molecule has 22 heavy (non-hydrogen) atoms. The number of allylic oxidation sites excluding steroid dienone is 1. The lowest BCUT2D eigenvalue weighted by Gasteiger charge is -2.03. The van der Waals surface area contributed by atoms with Crippen molar-refractivity contribution in [3.05, 3.63) is 65.7 Å². The van der Waals surface area contributed by atoms with Gasteiger partial charge in [0.1, 0.15) is 11.5 Å². The lowest BCUT2D eigenvalue weighted by atomic mass is 10.1. The molecule has 0 heterocycles. The number of carbonyl (C=O) groups is 1. The van der Waals surface area contributed by atoms with Gasteiger partial charge in [0.25, 0.3) is 0 Å². The van der Waals surface area contributed by atoms with E-state index < -0.39 is 10.1 Å². The molecule has 6 heteroatoms. The fourth-order valence-electron chi connectivity index (χ4n) is 1.70. The molecule has 0 aliphatic heterocycles. The molecule has 0 atom stereocenters. The standard InChI is InChI=1S/C16H14O5S/c1-22(19,20)21-15-9-5-13(6-10-15)16(18)11-4-12-2-7-14(17)8-3-12/h2-11,17H,1H3. The fourth-order valence-corrected chi connectivity index (χ4v) is 2.16. The topological polar surface area (TPSA) is 80.7 Å². The van der Waals surface area contributed by atoms with Crippen molar-refractivity contribution in [1.82, 2.24) is 0 Å². The summed E-state index contributed by atoms with van der Waals surface area (Å²) in [4.78, 5) is 12.0. The smallest absolute Gasteiger partial charge is 0.306 e. The Morgan fingerprint density at radius 1 is 1.05 bits per heavy atom. The largest absolute Gasteiger partial charge is 0.508 e. The summed E-state index contributed by atoms with van der Waals surface area (Å²) in [6.45, 7) is 0. The highest BCUT2D eigenvalue weighted by atomic mass is 32.2. The third-order valence-corrected chi connectivity index (χ3v) is 3.20. The third kappa shape index (κ3) is 4.75. The SMILES string of the molecule is CS(=O)(=O)Oc1ccc(C(=O)C=Cc2ccc(O)cc2)cc1. The van der Waals surface area contributed by atoms with Crippen LogP contribution in [0.4, 0.5) is 0 Å². The summed E-state index contributed by atoms with van der Waals surface area (Å²) in [7, 11) is -3.58. The summed E-state index contributed by atoms with van der Waals surface area (Å²) in [6.07, 6.45) is 3.98. The average Bonchev–Trinajstić information content (AvgIpc) is 2.45. The molecule has 5 nitrogen and oxygen atoms in total.